The van der Waals surface area contributed by atoms with Crippen molar-refractivity contribution in [3.63, 3.8) is 0 Å². The zero-order valence-electron chi connectivity index (χ0n) is 8.67. The normalized spacial score (nSPS) is 19.8. The predicted molar refractivity (Wildman–Crippen MR) is 57.4 cm³/mol. The Balaban J connectivity index is 2.36. The molecule has 0 unspecified atom stereocenters. The van der Waals surface area contributed by atoms with Crippen LogP contribution in [0, 0.1) is 0 Å². The van der Waals surface area contributed by atoms with Crippen LogP contribution < -0.4 is 5.32 Å². The summed E-state index contributed by atoms with van der Waals surface area (Å²) in [7, 11) is -9.64. The number of amidine groups is 1. The summed E-state index contributed by atoms with van der Waals surface area (Å²) in [5, 5.41) is 2.30. The molecule has 0 radical (unpaired) electrons. The van der Waals surface area contributed by atoms with Gasteiger partial charge in [-0.3, -0.25) is 9.79 Å². The summed E-state index contributed by atoms with van der Waals surface area (Å²) in [5.74, 6) is -0.324. The Hall–Kier alpha value is -1.64. The van der Waals surface area contributed by atoms with E-state index in [0.29, 0.717) is 0 Å². The molecule has 0 aliphatic carbocycles. The molecule has 0 saturated heterocycles. The molecule has 3 nitrogen and oxygen atoms in total. The molecule has 1 N–H and O–H groups in total. The average Bonchev–Trinajstić information content (AvgIpc) is 2.62. The topological polar surface area (TPSA) is 41.5 Å². The Morgan fingerprint density at radius 1 is 1.06 bits per heavy atom. The van der Waals surface area contributed by atoms with E-state index in [-0.39, 0.29) is 30.1 Å². The number of aliphatic imine (C=N–C) groups is 1. The van der Waals surface area contributed by atoms with E-state index in [1.54, 1.807) is 0 Å². The van der Waals surface area contributed by atoms with E-state index in [1.807, 2.05) is 0 Å². The quantitative estimate of drug-likeness (QED) is 0.833. The molecular weight excluding hydrogens is 279 g/mol. The Morgan fingerprint density at radius 2 is 1.61 bits per heavy atom. The summed E-state index contributed by atoms with van der Waals surface area (Å²) in [6.45, 7) is -0.126. The smallest absolute Gasteiger partial charge is 0.309 e. The van der Waals surface area contributed by atoms with Crippen molar-refractivity contribution < 1.29 is 24.2 Å². The summed E-state index contributed by atoms with van der Waals surface area (Å²) in [5.41, 5.74) is 0.145. The van der Waals surface area contributed by atoms with Gasteiger partial charge in [-0.1, -0.05) is 19.4 Å². The molecule has 100 valence electrons. The molecule has 1 aliphatic heterocycles. The van der Waals surface area contributed by atoms with Gasteiger partial charge in [-0.2, -0.15) is 0 Å². The highest BCUT2D eigenvalue weighted by atomic mass is 32.5. The Labute approximate surface area is 98.4 Å². The lowest BCUT2D eigenvalue weighted by Crippen LogP contribution is -2.25. The largest absolute Gasteiger partial charge is 0.310 e. The summed E-state index contributed by atoms with van der Waals surface area (Å²) in [6, 6.07) is 2.25. The third-order valence-corrected chi connectivity index (χ3v) is 3.37. The number of hydrogen-bond donors (Lipinski definition) is 1. The zero-order valence-corrected chi connectivity index (χ0v) is 9.49. The third kappa shape index (κ3) is 2.61. The number of benzene rings is 1. The fraction of sp³-hybridized carbons (Fsp3) is 0.111. The van der Waals surface area contributed by atoms with E-state index in [1.165, 1.54) is 0 Å². The van der Waals surface area contributed by atoms with Crippen LogP contribution in [-0.2, 0) is 4.79 Å². The standard InChI is InChI=1S/C9H7F5N2OS/c10-18(11,12,13,14)7-3-1-6(2-4-7)9-15-5-8(17)16-9/h1-4H,5H2,(H,15,16,17). The summed E-state index contributed by atoms with van der Waals surface area (Å²) >= 11 is 0. The van der Waals surface area contributed by atoms with Crippen LogP contribution in [0.1, 0.15) is 5.56 Å². The minimum atomic E-state index is -9.64. The van der Waals surface area contributed by atoms with E-state index in [0.717, 1.165) is 12.1 Å². The minimum absolute atomic E-state index is 0.0775. The average molecular weight is 286 g/mol. The maximum atomic E-state index is 12.4. The predicted octanol–water partition coefficient (Wildman–Crippen LogP) is 3.22. The van der Waals surface area contributed by atoms with Gasteiger partial charge in [0.05, 0.1) is 0 Å². The van der Waals surface area contributed by atoms with Crippen LogP contribution in [0.3, 0.4) is 0 Å². The second kappa shape index (κ2) is 3.02. The highest BCUT2D eigenvalue weighted by molar-refractivity contribution is 8.45. The lowest BCUT2D eigenvalue weighted by atomic mass is 10.2. The second-order valence-corrected chi connectivity index (χ2v) is 6.12. The maximum Gasteiger partial charge on any atom is 0.310 e. The first-order valence-corrected chi connectivity index (χ1v) is 6.60. The highest BCUT2D eigenvalue weighted by Gasteiger charge is 2.65. The number of nitrogens with one attached hydrogen (secondary N) is 1. The number of carbonyl (C=O) groups excluding carboxylic acids is 1. The zero-order chi connectivity index (χ0) is 13.7. The summed E-state index contributed by atoms with van der Waals surface area (Å²) < 4.78 is 62.1. The van der Waals surface area contributed by atoms with Crippen LogP contribution in [-0.4, -0.2) is 18.3 Å². The summed E-state index contributed by atoms with van der Waals surface area (Å²) in [6.07, 6.45) is 0. The minimum Gasteiger partial charge on any atom is -0.309 e. The number of rotatable bonds is 2. The van der Waals surface area contributed by atoms with Gasteiger partial charge in [0.15, 0.2) is 0 Å². The fourth-order valence-electron chi connectivity index (χ4n) is 1.40. The van der Waals surface area contributed by atoms with Crippen LogP contribution >= 0.6 is 10.2 Å². The number of nitrogens with zero attached hydrogens (tertiary/aromatic N) is 1. The summed E-state index contributed by atoms with van der Waals surface area (Å²) in [4.78, 5) is 12.6. The Kier molecular flexibility index (Phi) is 2.15. The van der Waals surface area contributed by atoms with E-state index < -0.39 is 21.0 Å². The molecule has 2 rings (SSSR count). The number of carbonyl (C=O) groups is 1. The van der Waals surface area contributed by atoms with E-state index >= 15 is 0 Å². The molecule has 18 heavy (non-hydrogen) atoms. The van der Waals surface area contributed by atoms with E-state index in [2.05, 4.69) is 10.3 Å². The van der Waals surface area contributed by atoms with Crippen LogP contribution in [0.4, 0.5) is 19.4 Å². The highest BCUT2D eigenvalue weighted by Crippen LogP contribution is 3.02. The van der Waals surface area contributed by atoms with Crippen molar-refractivity contribution >= 4 is 22.0 Å². The Morgan fingerprint density at radius 3 is 2.00 bits per heavy atom. The van der Waals surface area contributed by atoms with Crippen molar-refractivity contribution in [2.45, 2.75) is 4.90 Å². The van der Waals surface area contributed by atoms with Gasteiger partial charge < -0.3 is 5.32 Å². The molecule has 9 heteroatoms. The van der Waals surface area contributed by atoms with Crippen molar-refractivity contribution in [1.29, 1.82) is 0 Å². The first-order valence-electron chi connectivity index (χ1n) is 4.64. The Bertz CT molecular complexity index is 548. The van der Waals surface area contributed by atoms with E-state index in [9.17, 15) is 24.2 Å². The first kappa shape index (κ1) is 12.8. The maximum absolute atomic E-state index is 12.4. The molecule has 0 bridgehead atoms. The SMILES string of the molecule is O=C1CN=C(c2ccc(S(F)(F)(F)(F)F)cc2)N1. The van der Waals surface area contributed by atoms with Crippen LogP contribution in [0.5, 0.6) is 0 Å². The molecule has 0 atom stereocenters. The molecule has 1 aromatic carbocycles. The van der Waals surface area contributed by atoms with Gasteiger partial charge in [0.1, 0.15) is 17.3 Å². The number of amides is 1. The van der Waals surface area contributed by atoms with Gasteiger partial charge in [0.25, 0.3) is 0 Å². The van der Waals surface area contributed by atoms with Crippen molar-refractivity contribution in [1.82, 2.24) is 5.32 Å². The van der Waals surface area contributed by atoms with Gasteiger partial charge in [0, 0.05) is 5.56 Å². The van der Waals surface area contributed by atoms with Crippen molar-refractivity contribution in [2.24, 2.45) is 4.99 Å². The third-order valence-electron chi connectivity index (χ3n) is 2.21. The molecule has 0 fully saturated rings. The molecule has 1 aromatic rings. The van der Waals surface area contributed by atoms with Crippen LogP contribution in [0.15, 0.2) is 34.2 Å². The molecule has 0 spiro atoms. The molecular formula is C9H7F5N2OS. The molecule has 1 aliphatic rings. The van der Waals surface area contributed by atoms with E-state index in [4.69, 9.17) is 0 Å². The molecule has 1 amide bonds. The van der Waals surface area contributed by atoms with Crippen LogP contribution in [0.25, 0.3) is 0 Å². The molecule has 1 heterocycles. The van der Waals surface area contributed by atoms with Gasteiger partial charge in [-0.25, -0.2) is 0 Å². The molecule has 0 aromatic heterocycles. The molecule has 0 saturated carbocycles. The lowest BCUT2D eigenvalue weighted by Gasteiger charge is -2.40. The van der Waals surface area contributed by atoms with Crippen molar-refractivity contribution in [3.8, 4) is 0 Å². The van der Waals surface area contributed by atoms with Gasteiger partial charge in [-0.15, -0.1) is 0 Å². The first-order chi connectivity index (χ1) is 7.95. The lowest BCUT2D eigenvalue weighted by molar-refractivity contribution is -0.117. The second-order valence-electron chi connectivity index (χ2n) is 3.71. The van der Waals surface area contributed by atoms with Crippen molar-refractivity contribution in [3.05, 3.63) is 29.8 Å². The fourth-order valence-corrected chi connectivity index (χ4v) is 2.05. The van der Waals surface area contributed by atoms with Gasteiger partial charge in [0.2, 0.25) is 5.91 Å². The monoisotopic (exact) mass is 286 g/mol. The van der Waals surface area contributed by atoms with Crippen LogP contribution in [0.2, 0.25) is 0 Å². The number of hydrogen-bond acceptors (Lipinski definition) is 2. The van der Waals surface area contributed by atoms with Crippen molar-refractivity contribution in [2.75, 3.05) is 6.54 Å². The van der Waals surface area contributed by atoms with Gasteiger partial charge >= 0.3 is 10.2 Å². The number of halogens is 5. The van der Waals surface area contributed by atoms with Gasteiger partial charge in [-0.05, 0) is 24.3 Å².